The Hall–Kier alpha value is -0.830. The summed E-state index contributed by atoms with van der Waals surface area (Å²) in [6, 6.07) is -0.118. The summed E-state index contributed by atoms with van der Waals surface area (Å²) in [6.07, 6.45) is 0. The second kappa shape index (κ2) is 3.25. The summed E-state index contributed by atoms with van der Waals surface area (Å²) in [5.41, 5.74) is 6.98. The zero-order valence-electron chi connectivity index (χ0n) is 5.89. The lowest BCUT2D eigenvalue weighted by Crippen LogP contribution is -2.28. The van der Waals surface area contributed by atoms with Gasteiger partial charge in [0.05, 0.1) is 5.71 Å². The van der Waals surface area contributed by atoms with Gasteiger partial charge in [0.25, 0.3) is 0 Å². The van der Waals surface area contributed by atoms with Crippen LogP contribution in [0.2, 0.25) is 0 Å². The molecule has 52 valence electrons. The van der Waals surface area contributed by atoms with Crippen molar-refractivity contribution in [2.75, 3.05) is 0 Å². The van der Waals surface area contributed by atoms with Crippen LogP contribution in [0.1, 0.15) is 13.8 Å². The molecule has 0 saturated carbocycles. The molecule has 0 bridgehead atoms. The molecular weight excluding hydrogens is 114 g/mol. The number of hydrazone groups is 1. The van der Waals surface area contributed by atoms with E-state index in [0.29, 0.717) is 5.71 Å². The van der Waals surface area contributed by atoms with E-state index in [-0.39, 0.29) is 6.04 Å². The first-order valence-electron chi connectivity index (χ1n) is 2.78. The standard InChI is InChI=1S/C6H13N3/c1-4(2)6(9-8)5(3)7/h5H,1,7-8H2,2-3H3/b9-6+. The largest absolute Gasteiger partial charge is 0.323 e. The maximum Gasteiger partial charge on any atom is 0.0788 e. The van der Waals surface area contributed by atoms with Crippen LogP contribution < -0.4 is 11.6 Å². The van der Waals surface area contributed by atoms with Crippen LogP contribution in [0.3, 0.4) is 0 Å². The molecule has 0 radical (unpaired) electrons. The van der Waals surface area contributed by atoms with E-state index in [1.807, 2.05) is 13.8 Å². The summed E-state index contributed by atoms with van der Waals surface area (Å²) >= 11 is 0. The second-order valence-electron chi connectivity index (χ2n) is 2.08. The molecule has 0 aromatic carbocycles. The lowest BCUT2D eigenvalue weighted by molar-refractivity contribution is 0.957. The van der Waals surface area contributed by atoms with E-state index >= 15 is 0 Å². The van der Waals surface area contributed by atoms with Crippen LogP contribution in [0.5, 0.6) is 0 Å². The number of rotatable bonds is 2. The molecule has 1 unspecified atom stereocenters. The highest BCUT2D eigenvalue weighted by atomic mass is 15.1. The highest BCUT2D eigenvalue weighted by molar-refractivity contribution is 6.02. The number of nitrogens with zero attached hydrogens (tertiary/aromatic N) is 1. The van der Waals surface area contributed by atoms with Gasteiger partial charge in [-0.25, -0.2) is 0 Å². The first-order valence-corrected chi connectivity index (χ1v) is 2.78. The Morgan fingerprint density at radius 2 is 2.11 bits per heavy atom. The summed E-state index contributed by atoms with van der Waals surface area (Å²) < 4.78 is 0. The molecule has 1 atom stereocenters. The minimum atomic E-state index is -0.118. The molecule has 0 aliphatic rings. The smallest absolute Gasteiger partial charge is 0.0788 e. The Morgan fingerprint density at radius 1 is 1.67 bits per heavy atom. The fourth-order valence-corrected chi connectivity index (χ4v) is 0.616. The van der Waals surface area contributed by atoms with Crippen molar-refractivity contribution in [1.82, 2.24) is 0 Å². The number of hydrogen-bond acceptors (Lipinski definition) is 3. The van der Waals surface area contributed by atoms with E-state index in [1.165, 1.54) is 0 Å². The Labute approximate surface area is 55.4 Å². The third kappa shape index (κ3) is 2.28. The van der Waals surface area contributed by atoms with Crippen molar-refractivity contribution in [3.8, 4) is 0 Å². The van der Waals surface area contributed by atoms with Gasteiger partial charge < -0.3 is 11.6 Å². The average molecular weight is 127 g/mol. The SMILES string of the molecule is C=C(C)/C(=N\N)C(C)N. The molecule has 0 heterocycles. The van der Waals surface area contributed by atoms with Crippen molar-refractivity contribution in [2.24, 2.45) is 16.7 Å². The minimum Gasteiger partial charge on any atom is -0.323 e. The average Bonchev–Trinajstić information content (AvgIpc) is 1.64. The number of nitrogens with two attached hydrogens (primary N) is 2. The third-order valence-corrected chi connectivity index (χ3v) is 1.01. The van der Waals surface area contributed by atoms with Crippen LogP contribution >= 0.6 is 0 Å². The second-order valence-corrected chi connectivity index (χ2v) is 2.08. The summed E-state index contributed by atoms with van der Waals surface area (Å²) in [6.45, 7) is 7.30. The molecular formula is C6H13N3. The van der Waals surface area contributed by atoms with Crippen LogP contribution in [0.4, 0.5) is 0 Å². The predicted octanol–water partition coefficient (Wildman–Crippen LogP) is 0.224. The van der Waals surface area contributed by atoms with Crippen molar-refractivity contribution < 1.29 is 0 Å². The molecule has 0 aromatic rings. The Bertz CT molecular complexity index is 135. The summed E-state index contributed by atoms with van der Waals surface area (Å²) in [4.78, 5) is 0. The summed E-state index contributed by atoms with van der Waals surface area (Å²) in [5, 5.41) is 3.48. The van der Waals surface area contributed by atoms with Crippen molar-refractivity contribution in [1.29, 1.82) is 0 Å². The molecule has 0 spiro atoms. The van der Waals surface area contributed by atoms with Crippen molar-refractivity contribution >= 4 is 5.71 Å². The monoisotopic (exact) mass is 127 g/mol. The van der Waals surface area contributed by atoms with Crippen LogP contribution in [0.25, 0.3) is 0 Å². The van der Waals surface area contributed by atoms with Crippen LogP contribution in [-0.2, 0) is 0 Å². The molecule has 4 N–H and O–H groups in total. The maximum atomic E-state index is 5.48. The van der Waals surface area contributed by atoms with Crippen LogP contribution in [0, 0.1) is 0 Å². The van der Waals surface area contributed by atoms with Gasteiger partial charge in [-0.3, -0.25) is 0 Å². The molecule has 0 aliphatic heterocycles. The molecule has 3 nitrogen and oxygen atoms in total. The summed E-state index contributed by atoms with van der Waals surface area (Å²) in [7, 11) is 0. The van der Waals surface area contributed by atoms with Gasteiger partial charge in [-0.2, -0.15) is 5.10 Å². The molecule has 0 saturated heterocycles. The zero-order valence-corrected chi connectivity index (χ0v) is 5.89. The minimum absolute atomic E-state index is 0.118. The highest BCUT2D eigenvalue weighted by Crippen LogP contribution is 1.94. The van der Waals surface area contributed by atoms with E-state index in [2.05, 4.69) is 11.7 Å². The Kier molecular flexibility index (Phi) is 2.95. The Morgan fingerprint density at radius 3 is 2.11 bits per heavy atom. The fraction of sp³-hybridized carbons (Fsp3) is 0.500. The lowest BCUT2D eigenvalue weighted by Gasteiger charge is -2.06. The van der Waals surface area contributed by atoms with Crippen molar-refractivity contribution in [2.45, 2.75) is 19.9 Å². The molecule has 9 heavy (non-hydrogen) atoms. The first kappa shape index (κ1) is 8.17. The molecule has 0 amide bonds. The lowest BCUT2D eigenvalue weighted by atomic mass is 10.1. The van der Waals surface area contributed by atoms with E-state index in [9.17, 15) is 0 Å². The van der Waals surface area contributed by atoms with Gasteiger partial charge in [-0.15, -0.1) is 0 Å². The van der Waals surface area contributed by atoms with E-state index in [0.717, 1.165) is 5.57 Å². The van der Waals surface area contributed by atoms with Gasteiger partial charge in [0.2, 0.25) is 0 Å². The van der Waals surface area contributed by atoms with Crippen molar-refractivity contribution in [3.05, 3.63) is 12.2 Å². The fourth-order valence-electron chi connectivity index (χ4n) is 0.616. The van der Waals surface area contributed by atoms with Gasteiger partial charge in [0.15, 0.2) is 0 Å². The van der Waals surface area contributed by atoms with E-state index in [4.69, 9.17) is 11.6 Å². The molecule has 3 heteroatoms. The normalized spacial score (nSPS) is 15.2. The van der Waals surface area contributed by atoms with Gasteiger partial charge in [0, 0.05) is 6.04 Å². The molecule has 0 aliphatic carbocycles. The van der Waals surface area contributed by atoms with Crippen molar-refractivity contribution in [3.63, 3.8) is 0 Å². The van der Waals surface area contributed by atoms with Gasteiger partial charge in [-0.1, -0.05) is 6.58 Å². The molecule has 0 fully saturated rings. The topological polar surface area (TPSA) is 64.4 Å². The number of hydrogen-bond donors (Lipinski definition) is 2. The molecule has 0 rings (SSSR count). The van der Waals surface area contributed by atoms with E-state index in [1.54, 1.807) is 0 Å². The third-order valence-electron chi connectivity index (χ3n) is 1.01. The maximum absolute atomic E-state index is 5.48. The quantitative estimate of drug-likeness (QED) is 0.317. The zero-order chi connectivity index (χ0) is 7.44. The molecule has 0 aromatic heterocycles. The van der Waals surface area contributed by atoms with Crippen LogP contribution in [0.15, 0.2) is 17.3 Å². The van der Waals surface area contributed by atoms with Gasteiger partial charge >= 0.3 is 0 Å². The van der Waals surface area contributed by atoms with Gasteiger partial charge in [-0.05, 0) is 19.4 Å². The highest BCUT2D eigenvalue weighted by Gasteiger charge is 2.03. The van der Waals surface area contributed by atoms with E-state index < -0.39 is 0 Å². The first-order chi connectivity index (χ1) is 4.09. The predicted molar refractivity (Wildman–Crippen MR) is 40.1 cm³/mol. The Balaban J connectivity index is 4.19. The van der Waals surface area contributed by atoms with Crippen LogP contribution in [-0.4, -0.2) is 11.8 Å². The summed E-state index contributed by atoms with van der Waals surface area (Å²) in [5.74, 6) is 5.02. The van der Waals surface area contributed by atoms with Gasteiger partial charge in [0.1, 0.15) is 0 Å².